The summed E-state index contributed by atoms with van der Waals surface area (Å²) in [5.74, 6) is -0.147. The fourth-order valence-corrected chi connectivity index (χ4v) is 6.10. The molecule has 5 heterocycles. The van der Waals surface area contributed by atoms with E-state index in [1.54, 1.807) is 6.20 Å². The van der Waals surface area contributed by atoms with Crippen molar-refractivity contribution in [2.24, 2.45) is 0 Å². The van der Waals surface area contributed by atoms with Crippen LogP contribution in [0, 0.1) is 17.1 Å². The van der Waals surface area contributed by atoms with E-state index in [-0.39, 0.29) is 42.8 Å². The fourth-order valence-electron chi connectivity index (χ4n) is 6.10. The second-order valence-electron chi connectivity index (χ2n) is 10.8. The number of aromatic nitrogens is 3. The summed E-state index contributed by atoms with van der Waals surface area (Å²) in [6.45, 7) is 3.13. The summed E-state index contributed by atoms with van der Waals surface area (Å²) in [7, 11) is 2.05. The van der Waals surface area contributed by atoms with Gasteiger partial charge in [0.2, 0.25) is 0 Å². The highest BCUT2D eigenvalue weighted by Gasteiger charge is 2.33. The van der Waals surface area contributed by atoms with Gasteiger partial charge >= 0.3 is 12.1 Å². The van der Waals surface area contributed by atoms with Crippen LogP contribution in [0.4, 0.5) is 15.0 Å². The van der Waals surface area contributed by atoms with E-state index in [2.05, 4.69) is 20.9 Å². The van der Waals surface area contributed by atoms with Gasteiger partial charge in [0.25, 0.3) is 0 Å². The summed E-state index contributed by atoms with van der Waals surface area (Å²) in [5.41, 5.74) is 3.05. The maximum atomic E-state index is 16.4. The van der Waals surface area contributed by atoms with Gasteiger partial charge in [0.1, 0.15) is 23.6 Å². The molecule has 2 atom stereocenters. The number of benzene rings is 1. The zero-order chi connectivity index (χ0) is 28.5. The molecule has 1 amide bonds. The molecular weight excluding hydrogens is 529 g/mol. The lowest BCUT2D eigenvalue weighted by atomic mass is 9.94. The zero-order valence-corrected chi connectivity index (χ0v) is 22.9. The van der Waals surface area contributed by atoms with Gasteiger partial charge in [-0.2, -0.15) is 15.2 Å². The van der Waals surface area contributed by atoms with Crippen LogP contribution in [-0.2, 0) is 17.8 Å². The highest BCUT2D eigenvalue weighted by molar-refractivity contribution is 5.92. The Balaban J connectivity index is 1.43. The second-order valence-corrected chi connectivity index (χ2v) is 10.8. The Hall–Kier alpha value is -4.08. The lowest BCUT2D eigenvalue weighted by Crippen LogP contribution is -2.55. The molecule has 2 aromatic heterocycles. The van der Waals surface area contributed by atoms with Crippen molar-refractivity contribution < 1.29 is 23.8 Å². The molecule has 0 saturated carbocycles. The van der Waals surface area contributed by atoms with Crippen LogP contribution in [0.25, 0.3) is 22.2 Å². The number of pyridine rings is 1. The third-order valence-electron chi connectivity index (χ3n) is 8.36. The van der Waals surface area contributed by atoms with Crippen molar-refractivity contribution in [3.05, 3.63) is 41.3 Å². The number of carbonyl (C=O) groups is 1. The molecule has 0 aliphatic carbocycles. The monoisotopic (exact) mass is 561 g/mol. The molecule has 0 radical (unpaired) electrons. The van der Waals surface area contributed by atoms with Crippen molar-refractivity contribution in [1.29, 1.82) is 5.26 Å². The smallest absolute Gasteiger partial charge is 0.407 e. The molecule has 214 valence electrons. The summed E-state index contributed by atoms with van der Waals surface area (Å²) in [4.78, 5) is 31.0. The molecule has 0 spiro atoms. The minimum Gasteiger partial charge on any atom is -0.465 e. The highest BCUT2D eigenvalue weighted by atomic mass is 19.1. The number of rotatable bonds is 6. The lowest BCUT2D eigenvalue weighted by molar-refractivity contribution is 0.111. The van der Waals surface area contributed by atoms with Gasteiger partial charge in [-0.25, -0.2) is 9.18 Å². The number of halogens is 1. The first kappa shape index (κ1) is 27.1. The van der Waals surface area contributed by atoms with E-state index in [1.807, 2.05) is 30.1 Å². The van der Waals surface area contributed by atoms with E-state index >= 15 is 4.39 Å². The van der Waals surface area contributed by atoms with Gasteiger partial charge in [0.05, 0.1) is 37.1 Å². The molecule has 11 nitrogen and oxygen atoms in total. The first-order valence-electron chi connectivity index (χ1n) is 13.9. The molecule has 1 aromatic carbocycles. The number of carboxylic acid groups (broad SMARTS) is 1. The predicted molar refractivity (Wildman–Crippen MR) is 148 cm³/mol. The third kappa shape index (κ3) is 5.23. The van der Waals surface area contributed by atoms with Gasteiger partial charge < -0.3 is 29.3 Å². The maximum Gasteiger partial charge on any atom is 0.407 e. The highest BCUT2D eigenvalue weighted by Crippen LogP contribution is 2.36. The lowest BCUT2D eigenvalue weighted by Gasteiger charge is -2.39. The van der Waals surface area contributed by atoms with Crippen molar-refractivity contribution in [3.8, 4) is 23.3 Å². The van der Waals surface area contributed by atoms with E-state index in [4.69, 9.17) is 14.5 Å². The van der Waals surface area contributed by atoms with E-state index in [1.165, 1.54) is 4.90 Å². The van der Waals surface area contributed by atoms with Crippen molar-refractivity contribution in [2.45, 2.75) is 44.4 Å². The van der Waals surface area contributed by atoms with Gasteiger partial charge in [-0.1, -0.05) is 18.2 Å². The van der Waals surface area contributed by atoms with Gasteiger partial charge in [-0.05, 0) is 44.0 Å². The average molecular weight is 562 g/mol. The van der Waals surface area contributed by atoms with Gasteiger partial charge in [0, 0.05) is 37.4 Å². The van der Waals surface area contributed by atoms with Gasteiger partial charge in [0.15, 0.2) is 5.82 Å². The molecule has 3 aromatic rings. The number of amides is 1. The molecule has 41 heavy (non-hydrogen) atoms. The average Bonchev–Trinajstić information content (AvgIpc) is 3.40. The SMILES string of the molecule is CN1CCC[C@H]1COc1nc(N2CCN(C(=O)O)[C@@H](CC#N)C2)c2cnc(-c3cccc4c3CCOC4)c(F)c2n1. The first-order valence-corrected chi connectivity index (χ1v) is 13.9. The minimum atomic E-state index is -1.07. The van der Waals surface area contributed by atoms with Crippen LogP contribution in [0.3, 0.4) is 0 Å². The predicted octanol–water partition coefficient (Wildman–Crippen LogP) is 3.46. The van der Waals surface area contributed by atoms with Crippen LogP contribution >= 0.6 is 0 Å². The standard InChI is InChI=1S/C29H32FN7O4/c1-35-10-3-5-20(35)17-41-28-33-26-23(27(34-28)36-11-12-37(29(38)39)19(15-36)7-9-31)14-32-25(24(26)30)22-6-2-4-18-16-40-13-8-21(18)22/h2,4,6,14,19-20H,3,5,7-8,10-13,15-17H2,1H3,(H,38,39)/t19-,20-/m0/s1. The number of hydrogen-bond donors (Lipinski definition) is 1. The minimum absolute atomic E-state index is 0.0305. The van der Waals surface area contributed by atoms with E-state index in [9.17, 15) is 15.2 Å². The number of anilines is 1. The Morgan fingerprint density at radius 3 is 2.93 bits per heavy atom. The van der Waals surface area contributed by atoms with Crippen molar-refractivity contribution >= 4 is 22.8 Å². The number of ether oxygens (including phenoxy) is 2. The fraction of sp³-hybridized carbons (Fsp3) is 0.483. The summed E-state index contributed by atoms with van der Waals surface area (Å²) in [6.07, 6.45) is 3.28. The molecule has 1 N–H and O–H groups in total. The molecular formula is C29H32FN7O4. The number of piperazine rings is 1. The summed E-state index contributed by atoms with van der Waals surface area (Å²) >= 11 is 0. The van der Waals surface area contributed by atoms with E-state index in [0.717, 1.165) is 30.5 Å². The summed E-state index contributed by atoms with van der Waals surface area (Å²) < 4.78 is 28.1. The second kappa shape index (κ2) is 11.4. The summed E-state index contributed by atoms with van der Waals surface area (Å²) in [6, 6.07) is 7.54. The number of fused-ring (bicyclic) bond motifs is 2. The van der Waals surface area contributed by atoms with E-state index in [0.29, 0.717) is 49.6 Å². The van der Waals surface area contributed by atoms with Crippen molar-refractivity contribution in [2.75, 3.05) is 51.3 Å². The molecule has 6 rings (SSSR count). The largest absolute Gasteiger partial charge is 0.465 e. The Labute approximate surface area is 237 Å². The number of nitriles is 1. The normalized spacial score (nSPS) is 21.1. The van der Waals surface area contributed by atoms with Crippen LogP contribution in [0.2, 0.25) is 0 Å². The Morgan fingerprint density at radius 2 is 2.15 bits per heavy atom. The van der Waals surface area contributed by atoms with Crippen LogP contribution < -0.4 is 9.64 Å². The molecule has 3 aliphatic heterocycles. The van der Waals surface area contributed by atoms with E-state index < -0.39 is 18.0 Å². The molecule has 2 fully saturated rings. The number of likely N-dealkylation sites (N-methyl/N-ethyl adjacent to an activating group) is 1. The Bertz CT molecular complexity index is 1510. The maximum absolute atomic E-state index is 16.4. The summed E-state index contributed by atoms with van der Waals surface area (Å²) in [5, 5.41) is 19.4. The number of hydrogen-bond acceptors (Lipinski definition) is 9. The third-order valence-corrected chi connectivity index (χ3v) is 8.36. The Morgan fingerprint density at radius 1 is 1.27 bits per heavy atom. The first-order chi connectivity index (χ1) is 19.9. The number of nitrogens with zero attached hydrogens (tertiary/aromatic N) is 7. The topological polar surface area (TPSA) is 128 Å². The van der Waals surface area contributed by atoms with Crippen molar-refractivity contribution in [3.63, 3.8) is 0 Å². The van der Waals surface area contributed by atoms with Crippen LogP contribution in [0.15, 0.2) is 24.4 Å². The van der Waals surface area contributed by atoms with Gasteiger partial charge in [-0.3, -0.25) is 4.98 Å². The molecule has 0 unspecified atom stereocenters. The molecule has 2 saturated heterocycles. The Kier molecular flexibility index (Phi) is 7.55. The quantitative estimate of drug-likeness (QED) is 0.478. The van der Waals surface area contributed by atoms with Crippen LogP contribution in [0.1, 0.15) is 30.4 Å². The molecule has 0 bridgehead atoms. The van der Waals surface area contributed by atoms with Gasteiger partial charge in [-0.15, -0.1) is 0 Å². The van der Waals surface area contributed by atoms with Crippen LogP contribution in [-0.4, -0.2) is 94.5 Å². The van der Waals surface area contributed by atoms with Crippen molar-refractivity contribution in [1.82, 2.24) is 24.8 Å². The zero-order valence-electron chi connectivity index (χ0n) is 22.9. The number of likely N-dealkylation sites (tertiary alicyclic amines) is 1. The van der Waals surface area contributed by atoms with Crippen LogP contribution in [0.5, 0.6) is 6.01 Å². The molecule has 3 aliphatic rings. The molecule has 12 heteroatoms.